The molecule has 0 radical (unpaired) electrons. The Morgan fingerprint density at radius 2 is 2.12 bits per heavy atom. The maximum absolute atomic E-state index is 6.00. The molecule has 1 aromatic heterocycles. The van der Waals surface area contributed by atoms with Gasteiger partial charge in [0.25, 0.3) is 0 Å². The monoisotopic (exact) mass is 318 g/mol. The van der Waals surface area contributed by atoms with Crippen molar-refractivity contribution >= 4 is 27.5 Å². The minimum absolute atomic E-state index is 0.0269. The average Bonchev–Trinajstić information content (AvgIpc) is 2.36. The average molecular weight is 320 g/mol. The van der Waals surface area contributed by atoms with Crippen molar-refractivity contribution in [3.63, 3.8) is 0 Å². The summed E-state index contributed by atoms with van der Waals surface area (Å²) < 4.78 is 6.30. The third-order valence-corrected chi connectivity index (χ3v) is 4.40. The van der Waals surface area contributed by atoms with Crippen LogP contribution in [0.4, 0.5) is 0 Å². The summed E-state index contributed by atoms with van der Waals surface area (Å²) in [5.41, 5.74) is 0. The van der Waals surface area contributed by atoms with Crippen LogP contribution in [0.15, 0.2) is 10.7 Å². The van der Waals surface area contributed by atoms with Crippen molar-refractivity contribution in [3.05, 3.63) is 21.6 Å². The lowest BCUT2D eigenvalue weighted by atomic mass is 9.85. The maximum atomic E-state index is 6.00. The molecule has 1 aliphatic carbocycles. The van der Waals surface area contributed by atoms with Gasteiger partial charge in [0.2, 0.25) is 0 Å². The molecule has 0 bridgehead atoms. The van der Waals surface area contributed by atoms with Gasteiger partial charge in [0, 0.05) is 13.3 Å². The van der Waals surface area contributed by atoms with E-state index in [4.69, 9.17) is 16.3 Å². The van der Waals surface area contributed by atoms with Gasteiger partial charge in [-0.15, -0.1) is 0 Å². The van der Waals surface area contributed by atoms with Crippen LogP contribution >= 0.6 is 27.5 Å². The molecule has 0 aromatic carbocycles. The predicted molar refractivity (Wildman–Crippen MR) is 71.1 cm³/mol. The highest BCUT2D eigenvalue weighted by molar-refractivity contribution is 9.10. The number of hydrogen-bond donors (Lipinski definition) is 0. The molecule has 1 aromatic rings. The molecule has 1 fully saturated rings. The summed E-state index contributed by atoms with van der Waals surface area (Å²) in [6.45, 7) is 0. The van der Waals surface area contributed by atoms with E-state index >= 15 is 0 Å². The van der Waals surface area contributed by atoms with Crippen LogP contribution in [0.3, 0.4) is 0 Å². The van der Waals surface area contributed by atoms with Crippen LogP contribution in [0, 0.1) is 5.92 Å². The molecule has 94 valence electrons. The second kappa shape index (κ2) is 6.12. The van der Waals surface area contributed by atoms with Gasteiger partial charge < -0.3 is 4.74 Å². The van der Waals surface area contributed by atoms with Crippen molar-refractivity contribution < 1.29 is 4.74 Å². The van der Waals surface area contributed by atoms with E-state index in [1.807, 2.05) is 0 Å². The highest BCUT2D eigenvalue weighted by Gasteiger charge is 2.27. The SMILES string of the molecule is COC(c1ncc(Br)c(Cl)n1)C1CCCCC1. The molecule has 1 unspecified atom stereocenters. The third kappa shape index (κ3) is 3.18. The van der Waals surface area contributed by atoms with Crippen LogP contribution in [-0.4, -0.2) is 17.1 Å². The van der Waals surface area contributed by atoms with Gasteiger partial charge in [0.1, 0.15) is 11.3 Å². The molecular weight excluding hydrogens is 304 g/mol. The van der Waals surface area contributed by atoms with Crippen molar-refractivity contribution in [2.45, 2.75) is 38.2 Å². The zero-order chi connectivity index (χ0) is 12.3. The highest BCUT2D eigenvalue weighted by atomic mass is 79.9. The van der Waals surface area contributed by atoms with Gasteiger partial charge in [0.05, 0.1) is 4.47 Å². The van der Waals surface area contributed by atoms with Crippen molar-refractivity contribution in [2.75, 3.05) is 7.11 Å². The Labute approximate surface area is 115 Å². The zero-order valence-electron chi connectivity index (χ0n) is 9.83. The van der Waals surface area contributed by atoms with Crippen molar-refractivity contribution in [2.24, 2.45) is 5.92 Å². The smallest absolute Gasteiger partial charge is 0.159 e. The fourth-order valence-electron chi connectivity index (χ4n) is 2.44. The molecule has 17 heavy (non-hydrogen) atoms. The van der Waals surface area contributed by atoms with E-state index in [9.17, 15) is 0 Å². The maximum Gasteiger partial charge on any atom is 0.159 e. The Bertz CT molecular complexity index is 383. The molecule has 1 heterocycles. The molecule has 0 aliphatic heterocycles. The fourth-order valence-corrected chi connectivity index (χ4v) is 2.77. The molecule has 1 aliphatic rings. The van der Waals surface area contributed by atoms with Gasteiger partial charge in [-0.2, -0.15) is 0 Å². The molecule has 0 N–H and O–H groups in total. The number of ether oxygens (including phenoxy) is 1. The first-order valence-electron chi connectivity index (χ1n) is 5.93. The van der Waals surface area contributed by atoms with Crippen LogP contribution in [-0.2, 0) is 4.74 Å². The normalized spacial score (nSPS) is 19.2. The van der Waals surface area contributed by atoms with E-state index in [1.165, 1.54) is 32.1 Å². The number of aromatic nitrogens is 2. The van der Waals surface area contributed by atoms with Crippen LogP contribution < -0.4 is 0 Å². The van der Waals surface area contributed by atoms with E-state index in [1.54, 1.807) is 13.3 Å². The van der Waals surface area contributed by atoms with Gasteiger partial charge in [-0.25, -0.2) is 9.97 Å². The first-order valence-corrected chi connectivity index (χ1v) is 7.10. The van der Waals surface area contributed by atoms with Gasteiger partial charge in [-0.1, -0.05) is 30.9 Å². The first kappa shape index (κ1) is 13.2. The van der Waals surface area contributed by atoms with Crippen LogP contribution in [0.2, 0.25) is 5.15 Å². The van der Waals surface area contributed by atoms with E-state index in [-0.39, 0.29) is 6.10 Å². The molecule has 1 atom stereocenters. The van der Waals surface area contributed by atoms with E-state index in [0.29, 0.717) is 16.9 Å². The Balaban J connectivity index is 2.18. The van der Waals surface area contributed by atoms with Crippen LogP contribution in [0.25, 0.3) is 0 Å². The number of hydrogen-bond acceptors (Lipinski definition) is 3. The summed E-state index contributed by atoms with van der Waals surface area (Å²) in [6, 6.07) is 0. The second-order valence-corrected chi connectivity index (χ2v) is 5.63. The minimum atomic E-state index is -0.0269. The molecule has 3 nitrogen and oxygen atoms in total. The number of halogens is 2. The van der Waals surface area contributed by atoms with Gasteiger partial charge in [-0.05, 0) is 34.7 Å². The standard InChI is InChI=1S/C12H16BrClN2O/c1-17-10(8-5-3-2-4-6-8)12-15-7-9(13)11(14)16-12/h7-8,10H,2-6H2,1H3. The zero-order valence-corrected chi connectivity index (χ0v) is 12.2. The van der Waals surface area contributed by atoms with Gasteiger partial charge >= 0.3 is 0 Å². The minimum Gasteiger partial charge on any atom is -0.373 e. The van der Waals surface area contributed by atoms with E-state index < -0.39 is 0 Å². The molecule has 0 amide bonds. The lowest BCUT2D eigenvalue weighted by Crippen LogP contribution is -2.20. The summed E-state index contributed by atoms with van der Waals surface area (Å²) in [5, 5.41) is 0.452. The lowest BCUT2D eigenvalue weighted by Gasteiger charge is -2.28. The Morgan fingerprint density at radius 3 is 2.71 bits per heavy atom. The molecule has 0 saturated heterocycles. The van der Waals surface area contributed by atoms with E-state index in [2.05, 4.69) is 25.9 Å². The third-order valence-electron chi connectivity index (χ3n) is 3.31. The molecular formula is C12H16BrClN2O. The summed E-state index contributed by atoms with van der Waals surface area (Å²) in [7, 11) is 1.72. The van der Waals surface area contributed by atoms with Gasteiger partial charge in [0.15, 0.2) is 5.82 Å². The molecule has 5 heteroatoms. The topological polar surface area (TPSA) is 35.0 Å². The summed E-state index contributed by atoms with van der Waals surface area (Å²) in [4.78, 5) is 8.62. The molecule has 1 saturated carbocycles. The van der Waals surface area contributed by atoms with Crippen molar-refractivity contribution in [3.8, 4) is 0 Å². The van der Waals surface area contributed by atoms with Crippen LogP contribution in [0.1, 0.15) is 44.0 Å². The Hall–Kier alpha value is -0.190. The Morgan fingerprint density at radius 1 is 1.41 bits per heavy atom. The Kier molecular flexibility index (Phi) is 4.77. The van der Waals surface area contributed by atoms with Gasteiger partial charge in [-0.3, -0.25) is 0 Å². The molecule has 2 rings (SSSR count). The van der Waals surface area contributed by atoms with E-state index in [0.717, 1.165) is 4.47 Å². The first-order chi connectivity index (χ1) is 8.22. The van der Waals surface area contributed by atoms with Crippen molar-refractivity contribution in [1.29, 1.82) is 0 Å². The largest absolute Gasteiger partial charge is 0.373 e. The van der Waals surface area contributed by atoms with Crippen LogP contribution in [0.5, 0.6) is 0 Å². The quantitative estimate of drug-likeness (QED) is 0.785. The second-order valence-electron chi connectivity index (χ2n) is 4.42. The van der Waals surface area contributed by atoms with Crippen molar-refractivity contribution in [1.82, 2.24) is 9.97 Å². The number of methoxy groups -OCH3 is 1. The molecule has 0 spiro atoms. The summed E-state index contributed by atoms with van der Waals surface area (Å²) in [6.07, 6.45) is 7.92. The summed E-state index contributed by atoms with van der Waals surface area (Å²) >= 11 is 9.30. The number of nitrogens with zero attached hydrogens (tertiary/aromatic N) is 2. The predicted octanol–water partition coefficient (Wildman–Crippen LogP) is 4.16. The highest BCUT2D eigenvalue weighted by Crippen LogP contribution is 2.35. The summed E-state index contributed by atoms with van der Waals surface area (Å²) in [5.74, 6) is 1.22. The number of rotatable bonds is 3. The fraction of sp³-hybridized carbons (Fsp3) is 0.667. The lowest BCUT2D eigenvalue weighted by molar-refractivity contribution is 0.0289.